The van der Waals surface area contributed by atoms with Gasteiger partial charge in [0.15, 0.2) is 0 Å². The van der Waals surface area contributed by atoms with Crippen LogP contribution in [0.15, 0.2) is 108 Å². The maximum atomic E-state index is 5.66. The van der Waals surface area contributed by atoms with Gasteiger partial charge in [-0.25, -0.2) is 0 Å². The number of terminal acetylenes is 1. The average Bonchev–Trinajstić information content (AvgIpc) is 3.11. The number of ether oxygens (including phenoxy) is 1. The summed E-state index contributed by atoms with van der Waals surface area (Å²) in [4.78, 5) is 8.08. The molecule has 1 aliphatic rings. The molecule has 0 aromatic carbocycles. The number of nitrogens with zero attached hydrogens (tertiary/aromatic N) is 2. The summed E-state index contributed by atoms with van der Waals surface area (Å²) in [5.74, 6) is 0.914. The molecule has 34 heavy (non-hydrogen) atoms. The number of unbranched alkanes of at least 4 members (excludes halogenated alkanes) is 1. The normalized spacial score (nSPS) is 12.9. The van der Waals surface area contributed by atoms with Crippen molar-refractivity contribution in [3.63, 3.8) is 0 Å². The van der Waals surface area contributed by atoms with Gasteiger partial charge in [0.1, 0.15) is 12.4 Å². The fourth-order valence-corrected chi connectivity index (χ4v) is 3.05. The van der Waals surface area contributed by atoms with E-state index in [2.05, 4.69) is 79.2 Å². The van der Waals surface area contributed by atoms with Crippen LogP contribution in [0.3, 0.4) is 0 Å². The number of pyridine rings is 2. The molecule has 3 rings (SSSR count). The highest BCUT2D eigenvalue weighted by Crippen LogP contribution is 2.16. The molecule has 2 aromatic rings. The van der Waals surface area contributed by atoms with E-state index in [0.29, 0.717) is 6.61 Å². The molecule has 0 saturated heterocycles. The predicted octanol–water partition coefficient (Wildman–Crippen LogP) is 7.95. The first kappa shape index (κ1) is 28.4. The minimum atomic E-state index is 0.573. The summed E-state index contributed by atoms with van der Waals surface area (Å²) in [6, 6.07) is 8.11. The van der Waals surface area contributed by atoms with E-state index >= 15 is 0 Å². The van der Waals surface area contributed by atoms with Gasteiger partial charge in [-0.1, -0.05) is 60.9 Å². The molecular weight excluding hydrogens is 416 g/mol. The molecule has 0 fully saturated rings. The summed E-state index contributed by atoms with van der Waals surface area (Å²) >= 11 is 0. The van der Waals surface area contributed by atoms with Crippen molar-refractivity contribution in [3.05, 3.63) is 120 Å². The Labute approximate surface area is 206 Å². The molecule has 0 radical (unpaired) electrons. The minimum Gasteiger partial charge on any atom is -0.489 e. The Bertz CT molecular complexity index is 964. The summed E-state index contributed by atoms with van der Waals surface area (Å²) < 4.78 is 5.66. The largest absolute Gasteiger partial charge is 0.489 e. The maximum absolute atomic E-state index is 5.66. The number of rotatable bonds is 9. The van der Waals surface area contributed by atoms with Gasteiger partial charge in [0.2, 0.25) is 0 Å². The smallest absolute Gasteiger partial charge is 0.115 e. The summed E-state index contributed by atoms with van der Waals surface area (Å²) in [7, 11) is 0. The van der Waals surface area contributed by atoms with Gasteiger partial charge in [-0.2, -0.15) is 0 Å². The third kappa shape index (κ3) is 13.0. The third-order valence-corrected chi connectivity index (χ3v) is 4.98. The molecule has 2 heterocycles. The Morgan fingerprint density at radius 3 is 2.50 bits per heavy atom. The second-order valence-corrected chi connectivity index (χ2v) is 7.73. The van der Waals surface area contributed by atoms with Crippen molar-refractivity contribution in [2.24, 2.45) is 0 Å². The Kier molecular flexibility index (Phi) is 15.8. The molecule has 1 aliphatic carbocycles. The first-order valence-electron chi connectivity index (χ1n) is 11.8. The van der Waals surface area contributed by atoms with Crippen molar-refractivity contribution in [1.82, 2.24) is 9.97 Å². The first-order valence-corrected chi connectivity index (χ1v) is 11.8. The van der Waals surface area contributed by atoms with E-state index in [4.69, 9.17) is 4.74 Å². The van der Waals surface area contributed by atoms with Crippen LogP contribution in [0.4, 0.5) is 0 Å². The Morgan fingerprint density at radius 2 is 1.82 bits per heavy atom. The lowest BCUT2D eigenvalue weighted by molar-refractivity contribution is 0.210. The highest BCUT2D eigenvalue weighted by Gasteiger charge is 1.99. The monoisotopic (exact) mass is 454 g/mol. The lowest BCUT2D eigenvalue weighted by atomic mass is 10.0. The lowest BCUT2D eigenvalue weighted by Gasteiger charge is -2.06. The molecular formula is C31H38N2O. The highest BCUT2D eigenvalue weighted by molar-refractivity contribution is 5.30. The van der Waals surface area contributed by atoms with Crippen LogP contribution in [0.1, 0.15) is 57.6 Å². The molecule has 0 N–H and O–H groups in total. The van der Waals surface area contributed by atoms with E-state index < -0.39 is 0 Å². The summed E-state index contributed by atoms with van der Waals surface area (Å²) in [6.07, 6.45) is 35.9. The van der Waals surface area contributed by atoms with E-state index in [9.17, 15) is 0 Å². The van der Waals surface area contributed by atoms with Crippen molar-refractivity contribution in [2.75, 3.05) is 0 Å². The highest BCUT2D eigenvalue weighted by atomic mass is 16.5. The number of hydrogen-bond donors (Lipinski definition) is 0. The van der Waals surface area contributed by atoms with Gasteiger partial charge in [-0.3, -0.25) is 9.97 Å². The van der Waals surface area contributed by atoms with Crippen LogP contribution >= 0.6 is 0 Å². The van der Waals surface area contributed by atoms with Crippen LogP contribution in [0.2, 0.25) is 0 Å². The Morgan fingerprint density at radius 1 is 1.03 bits per heavy atom. The van der Waals surface area contributed by atoms with Crippen molar-refractivity contribution >= 4 is 0 Å². The quantitative estimate of drug-likeness (QED) is 0.219. The van der Waals surface area contributed by atoms with Gasteiger partial charge >= 0.3 is 0 Å². The van der Waals surface area contributed by atoms with Crippen LogP contribution in [0.25, 0.3) is 0 Å². The molecule has 0 spiro atoms. The molecule has 2 aromatic heterocycles. The van der Waals surface area contributed by atoms with Crippen LogP contribution in [0.5, 0.6) is 0 Å². The fraction of sp³-hybridized carbons (Fsp3) is 0.290. The molecule has 0 amide bonds. The van der Waals surface area contributed by atoms with Crippen LogP contribution in [-0.4, -0.2) is 9.97 Å². The molecule has 0 atom stereocenters. The lowest BCUT2D eigenvalue weighted by Crippen LogP contribution is -1.92. The van der Waals surface area contributed by atoms with E-state index in [1.54, 1.807) is 6.20 Å². The summed E-state index contributed by atoms with van der Waals surface area (Å²) in [6.45, 7) is 6.85. The first-order chi connectivity index (χ1) is 16.7. The fourth-order valence-electron chi connectivity index (χ4n) is 3.05. The van der Waals surface area contributed by atoms with Crippen molar-refractivity contribution in [2.45, 2.75) is 59.5 Å². The predicted molar refractivity (Wildman–Crippen MR) is 145 cm³/mol. The van der Waals surface area contributed by atoms with Crippen molar-refractivity contribution in [1.29, 1.82) is 0 Å². The van der Waals surface area contributed by atoms with Crippen LogP contribution < -0.4 is 0 Å². The van der Waals surface area contributed by atoms with Crippen LogP contribution in [0, 0.1) is 12.8 Å². The van der Waals surface area contributed by atoms with Gasteiger partial charge in [0, 0.05) is 30.4 Å². The molecule has 0 bridgehead atoms. The standard InChI is InChI=1S/C15H17N.C14H19NO.C2H2/c1-13-3-2-4-14(6-5-13)7-8-15-9-11-16-12-10-15;1-3-5-6-9-14(4-2)16-12-13-8-7-10-15-11-13;1-2/h2-3,5-6,9-12H,4,7-8H2,1H3;4,6-11H,3,5,12H2,1-2H3;1-2H/b;9-6-,14-4+;. The molecule has 0 saturated carbocycles. The number of aryl methyl sites for hydroxylation is 1. The molecule has 3 heteroatoms. The molecule has 3 nitrogen and oxygen atoms in total. The van der Waals surface area contributed by atoms with E-state index in [1.807, 2.05) is 49.8 Å². The minimum absolute atomic E-state index is 0.573. The van der Waals surface area contributed by atoms with Gasteiger partial charge in [0.25, 0.3) is 0 Å². The van der Waals surface area contributed by atoms with E-state index in [-0.39, 0.29) is 0 Å². The molecule has 178 valence electrons. The van der Waals surface area contributed by atoms with Gasteiger partial charge in [-0.05, 0) is 75.4 Å². The molecule has 0 aliphatic heterocycles. The number of hydrogen-bond acceptors (Lipinski definition) is 3. The third-order valence-electron chi connectivity index (χ3n) is 4.98. The van der Waals surface area contributed by atoms with Gasteiger partial charge in [-0.15, -0.1) is 12.8 Å². The van der Waals surface area contributed by atoms with Crippen molar-refractivity contribution in [3.8, 4) is 12.8 Å². The van der Waals surface area contributed by atoms with Crippen LogP contribution in [-0.2, 0) is 17.8 Å². The Hall–Kier alpha value is -3.64. The molecule has 0 unspecified atom stereocenters. The second-order valence-electron chi connectivity index (χ2n) is 7.73. The average molecular weight is 455 g/mol. The number of aromatic nitrogens is 2. The second kappa shape index (κ2) is 18.9. The van der Waals surface area contributed by atoms with E-state index in [1.165, 1.54) is 16.7 Å². The van der Waals surface area contributed by atoms with E-state index in [0.717, 1.165) is 43.4 Å². The zero-order chi connectivity index (χ0) is 24.9. The topological polar surface area (TPSA) is 35.0 Å². The zero-order valence-electron chi connectivity index (χ0n) is 20.9. The number of allylic oxidation sites excluding steroid dienone is 9. The zero-order valence-corrected chi connectivity index (χ0v) is 20.9. The van der Waals surface area contributed by atoms with Gasteiger partial charge in [0.05, 0.1) is 0 Å². The summed E-state index contributed by atoms with van der Waals surface area (Å²) in [5, 5.41) is 0. The maximum Gasteiger partial charge on any atom is 0.115 e. The Balaban J connectivity index is 0.000000317. The van der Waals surface area contributed by atoms with Gasteiger partial charge < -0.3 is 4.74 Å². The van der Waals surface area contributed by atoms with Crippen molar-refractivity contribution < 1.29 is 4.74 Å². The SMILES string of the molecule is C#C.C/C=C(\C=C/CCC)OCc1cccnc1.CC1=CC=C(CCc2ccncc2)CC=C1. The summed E-state index contributed by atoms with van der Waals surface area (Å²) in [5.41, 5.74) is 5.29.